The van der Waals surface area contributed by atoms with Crippen molar-refractivity contribution in [2.24, 2.45) is 0 Å². The van der Waals surface area contributed by atoms with Crippen molar-refractivity contribution in [3.05, 3.63) is 89.2 Å². The summed E-state index contributed by atoms with van der Waals surface area (Å²) >= 11 is 0. The number of hydrogen-bond donors (Lipinski definition) is 2. The van der Waals surface area contributed by atoms with Gasteiger partial charge in [0.05, 0.1) is 11.3 Å². The summed E-state index contributed by atoms with van der Waals surface area (Å²) in [6.45, 7) is 4.56. The largest absolute Gasteiger partial charge is 0.378 e. The Hall–Kier alpha value is -4.33. The van der Waals surface area contributed by atoms with Crippen LogP contribution >= 0.6 is 0 Å². The van der Waals surface area contributed by atoms with Crippen LogP contribution in [0.15, 0.2) is 66.9 Å². The second-order valence-electron chi connectivity index (χ2n) is 9.14. The average molecular weight is 485 g/mol. The van der Waals surface area contributed by atoms with Gasteiger partial charge in [0, 0.05) is 58.7 Å². The van der Waals surface area contributed by atoms with Gasteiger partial charge in [0.1, 0.15) is 11.5 Å². The van der Waals surface area contributed by atoms with Gasteiger partial charge in [-0.2, -0.15) is 0 Å². The van der Waals surface area contributed by atoms with Gasteiger partial charge in [-0.1, -0.05) is 24.3 Å². The molecule has 0 saturated carbocycles. The third-order valence-corrected chi connectivity index (χ3v) is 5.98. The molecule has 2 aromatic carbocycles. The zero-order chi connectivity index (χ0) is 25.8. The molecule has 0 spiro atoms. The lowest BCUT2D eigenvalue weighted by Gasteiger charge is -2.20. The van der Waals surface area contributed by atoms with Crippen LogP contribution in [-0.4, -0.2) is 42.3 Å². The summed E-state index contributed by atoms with van der Waals surface area (Å²) in [5.41, 5.74) is 6.25. The highest BCUT2D eigenvalue weighted by molar-refractivity contribution is 5.94. The normalized spacial score (nSPS) is 10.8. The highest BCUT2D eigenvalue weighted by Crippen LogP contribution is 2.24. The number of benzene rings is 2. The number of imidazole rings is 1. The lowest BCUT2D eigenvalue weighted by Crippen LogP contribution is -2.23. The first-order valence-corrected chi connectivity index (χ1v) is 11.8. The predicted molar refractivity (Wildman–Crippen MR) is 145 cm³/mol. The van der Waals surface area contributed by atoms with Crippen LogP contribution in [0, 0.1) is 6.92 Å². The quantitative estimate of drug-likeness (QED) is 0.391. The van der Waals surface area contributed by atoms with Crippen molar-refractivity contribution < 1.29 is 9.59 Å². The van der Waals surface area contributed by atoms with E-state index in [1.807, 2.05) is 98.2 Å². The van der Waals surface area contributed by atoms with Crippen molar-refractivity contribution in [3.63, 3.8) is 0 Å². The number of carbonyl (C=O) groups is 2. The summed E-state index contributed by atoms with van der Waals surface area (Å²) in [6.07, 6.45) is 1.84. The Bertz CT molecular complexity index is 1370. The van der Waals surface area contributed by atoms with Gasteiger partial charge in [-0.05, 0) is 54.4 Å². The minimum absolute atomic E-state index is 0.0942. The van der Waals surface area contributed by atoms with E-state index in [9.17, 15) is 9.59 Å². The van der Waals surface area contributed by atoms with Crippen LogP contribution in [0.1, 0.15) is 34.1 Å². The van der Waals surface area contributed by atoms with Crippen LogP contribution in [0.3, 0.4) is 0 Å². The molecule has 0 aliphatic heterocycles. The van der Waals surface area contributed by atoms with Gasteiger partial charge in [-0.25, -0.2) is 4.98 Å². The van der Waals surface area contributed by atoms with E-state index < -0.39 is 0 Å². The Balaban J connectivity index is 1.49. The molecular formula is C28H32N6O2. The fourth-order valence-electron chi connectivity index (χ4n) is 4.19. The van der Waals surface area contributed by atoms with Gasteiger partial charge >= 0.3 is 0 Å². The Kier molecular flexibility index (Phi) is 7.24. The second-order valence-corrected chi connectivity index (χ2v) is 9.14. The van der Waals surface area contributed by atoms with E-state index in [1.54, 1.807) is 6.07 Å². The van der Waals surface area contributed by atoms with Gasteiger partial charge in [-0.3, -0.25) is 14.0 Å². The average Bonchev–Trinajstić information content (AvgIpc) is 3.18. The van der Waals surface area contributed by atoms with Crippen LogP contribution < -0.4 is 20.4 Å². The van der Waals surface area contributed by atoms with Crippen molar-refractivity contribution in [2.45, 2.75) is 26.9 Å². The van der Waals surface area contributed by atoms with E-state index in [4.69, 9.17) is 0 Å². The van der Waals surface area contributed by atoms with Gasteiger partial charge < -0.3 is 20.4 Å². The predicted octanol–water partition coefficient (Wildman–Crippen LogP) is 4.23. The van der Waals surface area contributed by atoms with Crippen LogP contribution in [0.4, 0.5) is 17.2 Å². The molecule has 0 radical (unpaired) electrons. The first-order valence-electron chi connectivity index (χ1n) is 11.8. The summed E-state index contributed by atoms with van der Waals surface area (Å²) in [6, 6.07) is 19.6. The zero-order valence-corrected chi connectivity index (χ0v) is 21.4. The molecular weight excluding hydrogens is 452 g/mol. The van der Waals surface area contributed by atoms with Crippen LogP contribution in [0.25, 0.3) is 5.65 Å². The zero-order valence-electron chi connectivity index (χ0n) is 21.4. The molecule has 0 saturated heterocycles. The smallest absolute Gasteiger partial charge is 0.253 e. The topological polar surface area (TPSA) is 82.0 Å². The number of hydrogen-bond acceptors (Lipinski definition) is 5. The molecule has 2 N–H and O–H groups in total. The van der Waals surface area contributed by atoms with Gasteiger partial charge in [-0.15, -0.1) is 0 Å². The molecule has 186 valence electrons. The molecule has 0 unspecified atom stereocenters. The van der Waals surface area contributed by atoms with E-state index >= 15 is 0 Å². The molecule has 2 aromatic heterocycles. The minimum atomic E-state index is -0.137. The van der Waals surface area contributed by atoms with Crippen LogP contribution in [0.2, 0.25) is 0 Å². The van der Waals surface area contributed by atoms with Crippen molar-refractivity contribution >= 4 is 34.7 Å². The molecule has 2 amide bonds. The SMILES string of the molecule is CC(=O)Nc1ccc(CN(C)c2c(C)nc3ccc(C(=O)NCc4ccc(N(C)C)cc4)cn23)cc1. The molecule has 2 heterocycles. The Morgan fingerprint density at radius 3 is 2.22 bits per heavy atom. The number of amides is 2. The third-order valence-electron chi connectivity index (χ3n) is 5.98. The maximum absolute atomic E-state index is 12.9. The fraction of sp³-hybridized carbons (Fsp3) is 0.250. The van der Waals surface area contributed by atoms with Gasteiger partial charge in [0.15, 0.2) is 0 Å². The first kappa shape index (κ1) is 24.8. The number of carbonyl (C=O) groups excluding carboxylic acids is 2. The minimum Gasteiger partial charge on any atom is -0.378 e. The highest BCUT2D eigenvalue weighted by atomic mass is 16.2. The summed E-state index contributed by atoms with van der Waals surface area (Å²) < 4.78 is 1.96. The number of fused-ring (bicyclic) bond motifs is 1. The highest BCUT2D eigenvalue weighted by Gasteiger charge is 2.16. The molecule has 0 aliphatic carbocycles. The second kappa shape index (κ2) is 10.5. The molecule has 8 nitrogen and oxygen atoms in total. The van der Waals surface area contributed by atoms with Crippen molar-refractivity contribution in [3.8, 4) is 0 Å². The summed E-state index contributed by atoms with van der Waals surface area (Å²) in [5.74, 6) is 0.690. The monoisotopic (exact) mass is 484 g/mol. The standard InChI is InChI=1S/C28H32N6O2/c1-19-28(33(5)17-22-6-11-24(12-7-22)31-20(2)35)34-18-23(10-15-26(34)30-19)27(36)29-16-21-8-13-25(14-9-21)32(3)4/h6-15,18H,16-17H2,1-5H3,(H,29,36)(H,31,35). The molecule has 4 rings (SSSR count). The van der Waals surface area contributed by atoms with E-state index in [1.165, 1.54) is 6.92 Å². The Morgan fingerprint density at radius 1 is 0.917 bits per heavy atom. The molecule has 8 heteroatoms. The van der Waals surface area contributed by atoms with E-state index in [0.29, 0.717) is 18.7 Å². The van der Waals surface area contributed by atoms with Gasteiger partial charge in [0.25, 0.3) is 5.91 Å². The number of aryl methyl sites for hydroxylation is 1. The number of rotatable bonds is 8. The fourth-order valence-corrected chi connectivity index (χ4v) is 4.19. The maximum Gasteiger partial charge on any atom is 0.253 e. The molecule has 0 fully saturated rings. The molecule has 0 aliphatic rings. The van der Waals surface area contributed by atoms with Crippen LogP contribution in [0.5, 0.6) is 0 Å². The number of aromatic nitrogens is 2. The van der Waals surface area contributed by atoms with E-state index in [2.05, 4.69) is 20.5 Å². The maximum atomic E-state index is 12.9. The summed E-state index contributed by atoms with van der Waals surface area (Å²) in [4.78, 5) is 33.0. The van der Waals surface area contributed by atoms with E-state index in [0.717, 1.165) is 39.7 Å². The summed E-state index contributed by atoms with van der Waals surface area (Å²) in [5, 5.41) is 5.80. The number of nitrogens with one attached hydrogen (secondary N) is 2. The van der Waals surface area contributed by atoms with Crippen LogP contribution in [-0.2, 0) is 17.9 Å². The number of pyridine rings is 1. The molecule has 0 bridgehead atoms. The van der Waals surface area contributed by atoms with Crippen molar-refractivity contribution in [1.82, 2.24) is 14.7 Å². The number of anilines is 3. The third kappa shape index (κ3) is 5.66. The molecule has 4 aromatic rings. The van der Waals surface area contributed by atoms with E-state index in [-0.39, 0.29) is 11.8 Å². The van der Waals surface area contributed by atoms with Crippen molar-refractivity contribution in [1.29, 1.82) is 0 Å². The summed E-state index contributed by atoms with van der Waals surface area (Å²) in [7, 11) is 6.00. The Labute approximate surface area is 211 Å². The lowest BCUT2D eigenvalue weighted by molar-refractivity contribution is -0.114. The Morgan fingerprint density at radius 2 is 1.58 bits per heavy atom. The lowest BCUT2D eigenvalue weighted by atomic mass is 10.2. The number of nitrogens with zero attached hydrogens (tertiary/aromatic N) is 4. The molecule has 36 heavy (non-hydrogen) atoms. The van der Waals surface area contributed by atoms with Crippen molar-refractivity contribution in [2.75, 3.05) is 36.3 Å². The van der Waals surface area contributed by atoms with Gasteiger partial charge in [0.2, 0.25) is 5.91 Å². The molecule has 0 atom stereocenters. The first-order chi connectivity index (χ1) is 17.2.